The van der Waals surface area contributed by atoms with E-state index in [1.165, 1.54) is 0 Å². The highest BCUT2D eigenvalue weighted by Crippen LogP contribution is 2.41. The van der Waals surface area contributed by atoms with Crippen LogP contribution in [0.3, 0.4) is 0 Å². The minimum Gasteiger partial charge on any atom is -0.496 e. The number of benzene rings is 1. The van der Waals surface area contributed by atoms with Crippen LogP contribution >= 0.6 is 0 Å². The second-order valence-corrected chi connectivity index (χ2v) is 5.66. The van der Waals surface area contributed by atoms with E-state index >= 15 is 0 Å². The lowest BCUT2D eigenvalue weighted by atomic mass is 9.94. The number of rotatable bonds is 4. The second kappa shape index (κ2) is 6.17. The Morgan fingerprint density at radius 2 is 2.00 bits per heavy atom. The number of aromatic nitrogens is 2. The molecule has 0 bridgehead atoms. The van der Waals surface area contributed by atoms with Gasteiger partial charge in [0.25, 0.3) is 0 Å². The van der Waals surface area contributed by atoms with Crippen molar-refractivity contribution in [3.63, 3.8) is 0 Å². The SMILES string of the molecule is COc1ccc(OC)c2c1CN(C(C)c1nc(C)no1)CC2O. The Balaban J connectivity index is 1.96. The molecule has 0 radical (unpaired) electrons. The summed E-state index contributed by atoms with van der Waals surface area (Å²) in [5.74, 6) is 2.55. The van der Waals surface area contributed by atoms with E-state index in [-0.39, 0.29) is 6.04 Å². The average molecular weight is 319 g/mol. The first-order valence-electron chi connectivity index (χ1n) is 7.51. The first-order chi connectivity index (χ1) is 11.0. The van der Waals surface area contributed by atoms with Crippen molar-refractivity contribution in [2.45, 2.75) is 32.5 Å². The van der Waals surface area contributed by atoms with Crippen LogP contribution in [0.25, 0.3) is 0 Å². The Labute approximate surface area is 134 Å². The first kappa shape index (κ1) is 15.8. The van der Waals surface area contributed by atoms with Crippen LogP contribution in [0, 0.1) is 6.92 Å². The summed E-state index contributed by atoms with van der Waals surface area (Å²) in [6.45, 7) is 4.83. The number of aliphatic hydroxyl groups excluding tert-OH is 1. The van der Waals surface area contributed by atoms with Gasteiger partial charge < -0.3 is 19.1 Å². The van der Waals surface area contributed by atoms with Crippen molar-refractivity contribution in [3.05, 3.63) is 35.0 Å². The Morgan fingerprint density at radius 3 is 2.61 bits per heavy atom. The van der Waals surface area contributed by atoms with Crippen LogP contribution in [0.4, 0.5) is 0 Å². The molecular weight excluding hydrogens is 298 g/mol. The van der Waals surface area contributed by atoms with Crippen molar-refractivity contribution in [3.8, 4) is 11.5 Å². The summed E-state index contributed by atoms with van der Waals surface area (Å²) in [5, 5.41) is 14.5. The summed E-state index contributed by atoms with van der Waals surface area (Å²) in [7, 11) is 3.23. The molecule has 1 aliphatic rings. The molecule has 7 heteroatoms. The zero-order valence-electron chi connectivity index (χ0n) is 13.7. The third-order valence-corrected chi connectivity index (χ3v) is 4.26. The summed E-state index contributed by atoms with van der Waals surface area (Å²) < 4.78 is 16.1. The van der Waals surface area contributed by atoms with Gasteiger partial charge in [0.1, 0.15) is 11.5 Å². The van der Waals surface area contributed by atoms with Crippen LogP contribution in [-0.2, 0) is 6.54 Å². The number of nitrogens with zero attached hydrogens (tertiary/aromatic N) is 3. The molecule has 0 aliphatic carbocycles. The van der Waals surface area contributed by atoms with E-state index in [0.29, 0.717) is 30.6 Å². The topological polar surface area (TPSA) is 80.9 Å². The summed E-state index contributed by atoms with van der Waals surface area (Å²) in [4.78, 5) is 6.37. The number of aryl methyl sites for hydroxylation is 1. The van der Waals surface area contributed by atoms with E-state index in [9.17, 15) is 5.11 Å². The fourth-order valence-corrected chi connectivity index (χ4v) is 3.04. The molecule has 1 aromatic carbocycles. The van der Waals surface area contributed by atoms with Gasteiger partial charge in [0, 0.05) is 24.2 Å². The predicted octanol–water partition coefficient (Wildman–Crippen LogP) is 2.01. The molecule has 124 valence electrons. The molecule has 0 saturated carbocycles. The fraction of sp³-hybridized carbons (Fsp3) is 0.500. The molecule has 1 aromatic heterocycles. The molecule has 0 saturated heterocycles. The maximum Gasteiger partial charge on any atom is 0.243 e. The van der Waals surface area contributed by atoms with Crippen LogP contribution in [0.2, 0.25) is 0 Å². The van der Waals surface area contributed by atoms with Gasteiger partial charge in [-0.3, -0.25) is 4.90 Å². The van der Waals surface area contributed by atoms with Crippen molar-refractivity contribution in [1.29, 1.82) is 0 Å². The molecule has 1 N–H and O–H groups in total. The van der Waals surface area contributed by atoms with E-state index in [1.807, 2.05) is 19.1 Å². The van der Waals surface area contributed by atoms with Crippen LogP contribution in [-0.4, -0.2) is 40.9 Å². The molecule has 2 atom stereocenters. The lowest BCUT2D eigenvalue weighted by molar-refractivity contribution is 0.0567. The van der Waals surface area contributed by atoms with Crippen molar-refractivity contribution in [1.82, 2.24) is 15.0 Å². The zero-order chi connectivity index (χ0) is 16.6. The van der Waals surface area contributed by atoms with E-state index < -0.39 is 6.10 Å². The largest absolute Gasteiger partial charge is 0.496 e. The molecule has 1 aliphatic heterocycles. The third-order valence-electron chi connectivity index (χ3n) is 4.26. The smallest absolute Gasteiger partial charge is 0.243 e. The molecule has 23 heavy (non-hydrogen) atoms. The number of hydrogen-bond acceptors (Lipinski definition) is 7. The highest BCUT2D eigenvalue weighted by Gasteiger charge is 2.33. The minimum atomic E-state index is -0.671. The Hall–Kier alpha value is -2.12. The number of β-amino-alcohol motifs (C(OH)–C–C–N with tert-alkyl or cyclic N) is 1. The van der Waals surface area contributed by atoms with Gasteiger partial charge in [0.2, 0.25) is 5.89 Å². The average Bonchev–Trinajstić information content (AvgIpc) is 2.99. The standard InChI is InChI=1S/C16H21N3O4/c1-9(16-17-10(2)18-23-16)19-7-11-13(21-3)5-6-14(22-4)15(11)12(20)8-19/h5-6,9,12,20H,7-8H2,1-4H3. The number of ether oxygens (including phenoxy) is 2. The molecule has 0 fully saturated rings. The minimum absolute atomic E-state index is 0.102. The molecular formula is C16H21N3O4. The second-order valence-electron chi connectivity index (χ2n) is 5.66. The third kappa shape index (κ3) is 2.77. The number of methoxy groups -OCH3 is 2. The Bertz CT molecular complexity index is 701. The van der Waals surface area contributed by atoms with Gasteiger partial charge in [-0.15, -0.1) is 0 Å². The van der Waals surface area contributed by atoms with Gasteiger partial charge in [-0.2, -0.15) is 4.98 Å². The van der Waals surface area contributed by atoms with Crippen LogP contribution in [0.5, 0.6) is 11.5 Å². The molecule has 7 nitrogen and oxygen atoms in total. The molecule has 0 amide bonds. The summed E-state index contributed by atoms with van der Waals surface area (Å²) >= 11 is 0. The van der Waals surface area contributed by atoms with Crippen LogP contribution in [0.1, 0.15) is 41.9 Å². The van der Waals surface area contributed by atoms with Crippen LogP contribution < -0.4 is 9.47 Å². The summed E-state index contributed by atoms with van der Waals surface area (Å²) in [5.41, 5.74) is 1.71. The van der Waals surface area contributed by atoms with Gasteiger partial charge in [0.15, 0.2) is 5.82 Å². The van der Waals surface area contributed by atoms with Crippen molar-refractivity contribution >= 4 is 0 Å². The summed E-state index contributed by atoms with van der Waals surface area (Å²) in [6, 6.07) is 3.58. The van der Waals surface area contributed by atoms with Gasteiger partial charge in [-0.05, 0) is 26.0 Å². The van der Waals surface area contributed by atoms with Crippen molar-refractivity contribution in [2.24, 2.45) is 0 Å². The maximum absolute atomic E-state index is 10.6. The molecule has 3 rings (SSSR count). The maximum atomic E-state index is 10.6. The van der Waals surface area contributed by atoms with Gasteiger partial charge in [0.05, 0.1) is 26.4 Å². The predicted molar refractivity (Wildman–Crippen MR) is 82.4 cm³/mol. The normalized spacial score (nSPS) is 19.3. The highest BCUT2D eigenvalue weighted by atomic mass is 16.5. The van der Waals surface area contributed by atoms with Crippen molar-refractivity contribution in [2.75, 3.05) is 20.8 Å². The van der Waals surface area contributed by atoms with Crippen LogP contribution in [0.15, 0.2) is 16.7 Å². The quantitative estimate of drug-likeness (QED) is 0.923. The van der Waals surface area contributed by atoms with E-state index in [4.69, 9.17) is 14.0 Å². The lowest BCUT2D eigenvalue weighted by Crippen LogP contribution is -2.36. The van der Waals surface area contributed by atoms with Gasteiger partial charge >= 0.3 is 0 Å². The van der Waals surface area contributed by atoms with Gasteiger partial charge in [-0.25, -0.2) is 0 Å². The molecule has 2 heterocycles. The molecule has 0 spiro atoms. The zero-order valence-corrected chi connectivity index (χ0v) is 13.7. The fourth-order valence-electron chi connectivity index (χ4n) is 3.04. The Morgan fingerprint density at radius 1 is 1.30 bits per heavy atom. The highest BCUT2D eigenvalue weighted by molar-refractivity contribution is 5.51. The number of hydrogen-bond donors (Lipinski definition) is 1. The van der Waals surface area contributed by atoms with Gasteiger partial charge in [-0.1, -0.05) is 5.16 Å². The van der Waals surface area contributed by atoms with E-state index in [2.05, 4.69) is 15.0 Å². The molecule has 2 unspecified atom stereocenters. The monoisotopic (exact) mass is 319 g/mol. The Kier molecular flexibility index (Phi) is 4.23. The summed E-state index contributed by atoms with van der Waals surface area (Å²) in [6.07, 6.45) is -0.671. The first-order valence-corrected chi connectivity index (χ1v) is 7.51. The van der Waals surface area contributed by atoms with Crippen molar-refractivity contribution < 1.29 is 19.1 Å². The van der Waals surface area contributed by atoms with E-state index in [0.717, 1.165) is 16.9 Å². The van der Waals surface area contributed by atoms with E-state index in [1.54, 1.807) is 21.1 Å². The molecule has 2 aromatic rings. The lowest BCUT2D eigenvalue weighted by Gasteiger charge is -2.36. The number of aliphatic hydroxyl groups is 1. The number of fused-ring (bicyclic) bond motifs is 1.